The van der Waals surface area contributed by atoms with Crippen LogP contribution in [0.2, 0.25) is 5.02 Å². The highest BCUT2D eigenvalue weighted by molar-refractivity contribution is 6.32. The maximum absolute atomic E-state index is 6.19. The highest BCUT2D eigenvalue weighted by Gasteiger charge is 2.07. The third-order valence-electron chi connectivity index (χ3n) is 2.52. The Labute approximate surface area is 117 Å². The average Bonchev–Trinajstić information content (AvgIpc) is 2.41. The Hall–Kier alpha value is -1.65. The van der Waals surface area contributed by atoms with Crippen LogP contribution in [0.1, 0.15) is 19.5 Å². The van der Waals surface area contributed by atoms with Crippen molar-refractivity contribution < 1.29 is 4.74 Å². The van der Waals surface area contributed by atoms with Crippen molar-refractivity contribution in [3.8, 4) is 17.0 Å². The summed E-state index contributed by atoms with van der Waals surface area (Å²) in [5.41, 5.74) is 7.91. The van der Waals surface area contributed by atoms with Gasteiger partial charge in [0.25, 0.3) is 0 Å². The number of aromatic nitrogens is 2. The largest absolute Gasteiger partial charge is 0.489 e. The predicted octanol–water partition coefficient (Wildman–Crippen LogP) is 3.04. The molecule has 5 heteroatoms. The summed E-state index contributed by atoms with van der Waals surface area (Å²) in [5.74, 6) is 0.673. The molecule has 0 bridgehead atoms. The number of rotatable bonds is 4. The fraction of sp³-hybridized carbons (Fsp3) is 0.286. The summed E-state index contributed by atoms with van der Waals surface area (Å²) in [5, 5.41) is 8.71. The Kier molecular flexibility index (Phi) is 4.35. The third-order valence-corrected chi connectivity index (χ3v) is 2.81. The molecular weight excluding hydrogens is 262 g/mol. The van der Waals surface area contributed by atoms with Crippen LogP contribution >= 0.6 is 11.6 Å². The van der Waals surface area contributed by atoms with Crippen LogP contribution < -0.4 is 10.5 Å². The Morgan fingerprint density at radius 3 is 2.53 bits per heavy atom. The van der Waals surface area contributed by atoms with E-state index in [2.05, 4.69) is 10.2 Å². The number of nitrogens with zero attached hydrogens (tertiary/aromatic N) is 2. The molecule has 1 aromatic heterocycles. The highest BCUT2D eigenvalue weighted by atomic mass is 35.5. The lowest BCUT2D eigenvalue weighted by molar-refractivity contribution is 0.242. The second-order valence-corrected chi connectivity index (χ2v) is 4.83. The van der Waals surface area contributed by atoms with Crippen molar-refractivity contribution in [2.24, 2.45) is 5.73 Å². The zero-order chi connectivity index (χ0) is 13.8. The van der Waals surface area contributed by atoms with Crippen LogP contribution in [0.5, 0.6) is 5.75 Å². The number of ether oxygens (including phenoxy) is 1. The third kappa shape index (κ3) is 3.43. The summed E-state index contributed by atoms with van der Waals surface area (Å²) in [7, 11) is 0. The minimum absolute atomic E-state index is 0.0898. The van der Waals surface area contributed by atoms with Gasteiger partial charge in [-0.2, -0.15) is 10.2 Å². The van der Waals surface area contributed by atoms with Gasteiger partial charge in [-0.1, -0.05) is 11.6 Å². The second kappa shape index (κ2) is 5.99. The molecule has 0 radical (unpaired) electrons. The average molecular weight is 278 g/mol. The molecule has 0 fully saturated rings. The highest BCUT2D eigenvalue weighted by Crippen LogP contribution is 2.30. The lowest BCUT2D eigenvalue weighted by Gasteiger charge is -2.12. The van der Waals surface area contributed by atoms with Crippen molar-refractivity contribution in [3.05, 3.63) is 41.0 Å². The monoisotopic (exact) mass is 277 g/mol. The summed E-state index contributed by atoms with van der Waals surface area (Å²) in [4.78, 5) is 0. The van der Waals surface area contributed by atoms with Gasteiger partial charge in [0.1, 0.15) is 5.75 Å². The molecule has 100 valence electrons. The standard InChI is InChI=1S/C14H16ClN3O/c1-9(2)19-14-6-3-10(7-12(14)15)13-5-4-11(8-16)17-18-13/h3-7,9H,8,16H2,1-2H3. The van der Waals surface area contributed by atoms with E-state index in [9.17, 15) is 0 Å². The Bertz CT molecular complexity index is 555. The maximum Gasteiger partial charge on any atom is 0.138 e. The van der Waals surface area contributed by atoms with Crippen LogP contribution in [0, 0.1) is 0 Å². The van der Waals surface area contributed by atoms with Gasteiger partial charge < -0.3 is 10.5 Å². The van der Waals surface area contributed by atoms with Gasteiger partial charge in [-0.15, -0.1) is 0 Å². The van der Waals surface area contributed by atoms with Gasteiger partial charge in [-0.3, -0.25) is 0 Å². The summed E-state index contributed by atoms with van der Waals surface area (Å²) >= 11 is 6.19. The molecule has 1 aromatic carbocycles. The van der Waals surface area contributed by atoms with E-state index in [0.29, 0.717) is 17.3 Å². The smallest absolute Gasteiger partial charge is 0.138 e. The first-order valence-electron chi connectivity index (χ1n) is 6.09. The number of halogens is 1. The molecule has 0 aliphatic heterocycles. The molecular formula is C14H16ClN3O. The number of nitrogens with two attached hydrogens (primary N) is 1. The lowest BCUT2D eigenvalue weighted by atomic mass is 10.1. The van der Waals surface area contributed by atoms with E-state index in [0.717, 1.165) is 17.0 Å². The molecule has 19 heavy (non-hydrogen) atoms. The minimum Gasteiger partial charge on any atom is -0.489 e. The van der Waals surface area contributed by atoms with Gasteiger partial charge in [0.2, 0.25) is 0 Å². The SMILES string of the molecule is CC(C)Oc1ccc(-c2ccc(CN)nn2)cc1Cl. The lowest BCUT2D eigenvalue weighted by Crippen LogP contribution is -2.05. The van der Waals surface area contributed by atoms with Gasteiger partial charge in [-0.25, -0.2) is 0 Å². The van der Waals surface area contributed by atoms with Gasteiger partial charge in [0.05, 0.1) is 22.5 Å². The summed E-state index contributed by atoms with van der Waals surface area (Å²) in [6, 6.07) is 9.32. The molecule has 0 aliphatic carbocycles. The molecule has 0 saturated heterocycles. The van der Waals surface area contributed by atoms with Crippen LogP contribution in [-0.4, -0.2) is 16.3 Å². The van der Waals surface area contributed by atoms with Crippen molar-refractivity contribution in [3.63, 3.8) is 0 Å². The molecule has 2 N–H and O–H groups in total. The first-order valence-corrected chi connectivity index (χ1v) is 6.47. The van der Waals surface area contributed by atoms with Crippen molar-refractivity contribution >= 4 is 11.6 Å². The maximum atomic E-state index is 6.19. The number of benzene rings is 1. The quantitative estimate of drug-likeness (QED) is 0.933. The molecule has 0 saturated carbocycles. The summed E-state index contributed by atoms with van der Waals surface area (Å²) in [6.07, 6.45) is 0.0898. The molecule has 0 aliphatic rings. The summed E-state index contributed by atoms with van der Waals surface area (Å²) in [6.45, 7) is 4.30. The van der Waals surface area contributed by atoms with Crippen LogP contribution in [0.3, 0.4) is 0 Å². The van der Waals surface area contributed by atoms with E-state index in [-0.39, 0.29) is 6.10 Å². The molecule has 0 amide bonds. The zero-order valence-corrected chi connectivity index (χ0v) is 11.7. The van der Waals surface area contributed by atoms with Gasteiger partial charge in [0.15, 0.2) is 0 Å². The van der Waals surface area contributed by atoms with Crippen LogP contribution in [0.15, 0.2) is 30.3 Å². The fourth-order valence-electron chi connectivity index (χ4n) is 1.63. The van der Waals surface area contributed by atoms with E-state index in [1.165, 1.54) is 0 Å². The van der Waals surface area contributed by atoms with Crippen molar-refractivity contribution in [2.75, 3.05) is 0 Å². The first-order chi connectivity index (χ1) is 9.10. The molecule has 1 heterocycles. The molecule has 4 nitrogen and oxygen atoms in total. The minimum atomic E-state index is 0.0898. The van der Waals surface area contributed by atoms with E-state index >= 15 is 0 Å². The normalized spacial score (nSPS) is 10.8. The molecule has 2 rings (SSSR count). The Balaban J connectivity index is 2.27. The van der Waals surface area contributed by atoms with E-state index < -0.39 is 0 Å². The van der Waals surface area contributed by atoms with Gasteiger partial charge in [0, 0.05) is 12.1 Å². The Morgan fingerprint density at radius 1 is 1.21 bits per heavy atom. The number of hydrogen-bond donors (Lipinski definition) is 1. The van der Waals surface area contributed by atoms with E-state index in [4.69, 9.17) is 22.1 Å². The summed E-state index contributed by atoms with van der Waals surface area (Å²) < 4.78 is 5.59. The van der Waals surface area contributed by atoms with Crippen LogP contribution in [-0.2, 0) is 6.54 Å². The first kappa shape index (κ1) is 13.8. The molecule has 0 spiro atoms. The fourth-order valence-corrected chi connectivity index (χ4v) is 1.86. The van der Waals surface area contributed by atoms with Crippen molar-refractivity contribution in [1.82, 2.24) is 10.2 Å². The molecule has 0 unspecified atom stereocenters. The van der Waals surface area contributed by atoms with Crippen molar-refractivity contribution in [1.29, 1.82) is 0 Å². The van der Waals surface area contributed by atoms with Gasteiger partial charge in [-0.05, 0) is 44.2 Å². The predicted molar refractivity (Wildman–Crippen MR) is 76.1 cm³/mol. The Morgan fingerprint density at radius 2 is 2.00 bits per heavy atom. The van der Waals surface area contributed by atoms with E-state index in [1.54, 1.807) is 0 Å². The van der Waals surface area contributed by atoms with Crippen LogP contribution in [0.25, 0.3) is 11.3 Å². The number of hydrogen-bond acceptors (Lipinski definition) is 4. The van der Waals surface area contributed by atoms with Crippen molar-refractivity contribution in [2.45, 2.75) is 26.5 Å². The van der Waals surface area contributed by atoms with E-state index in [1.807, 2.05) is 44.2 Å². The molecule has 2 aromatic rings. The van der Waals surface area contributed by atoms with Crippen LogP contribution in [0.4, 0.5) is 0 Å². The molecule has 0 atom stereocenters. The topological polar surface area (TPSA) is 61.0 Å². The second-order valence-electron chi connectivity index (χ2n) is 4.43. The van der Waals surface area contributed by atoms with Gasteiger partial charge >= 0.3 is 0 Å². The zero-order valence-electron chi connectivity index (χ0n) is 10.9.